The van der Waals surface area contributed by atoms with Crippen LogP contribution in [0.3, 0.4) is 0 Å². The maximum atomic E-state index is 13.4. The predicted octanol–water partition coefficient (Wildman–Crippen LogP) is 4.07. The normalized spacial score (nSPS) is 14.5. The number of oxazole rings is 1. The highest BCUT2D eigenvalue weighted by atomic mass is 32.2. The number of amides is 1. The number of rotatable bonds is 6. The van der Waals surface area contributed by atoms with Crippen molar-refractivity contribution in [2.24, 2.45) is 0 Å². The maximum Gasteiger partial charge on any atom is 0.236 e. The Hall–Kier alpha value is -3.20. The van der Waals surface area contributed by atoms with Gasteiger partial charge in [-0.1, -0.05) is 24.6 Å². The lowest BCUT2D eigenvalue weighted by atomic mass is 10.1. The van der Waals surface area contributed by atoms with Crippen molar-refractivity contribution in [2.75, 3.05) is 31.1 Å². The van der Waals surface area contributed by atoms with Crippen LogP contribution in [-0.2, 0) is 14.6 Å². The minimum atomic E-state index is -4.06. The fourth-order valence-corrected chi connectivity index (χ4v) is 5.07. The highest BCUT2D eigenvalue weighted by molar-refractivity contribution is 7.91. The van der Waals surface area contributed by atoms with E-state index in [0.29, 0.717) is 38.2 Å². The van der Waals surface area contributed by atoms with Crippen LogP contribution in [0.4, 0.5) is 10.3 Å². The average molecular weight is 472 g/mol. The van der Waals surface area contributed by atoms with E-state index in [0.717, 1.165) is 24.1 Å². The van der Waals surface area contributed by atoms with Gasteiger partial charge in [-0.05, 0) is 49.7 Å². The lowest BCUT2D eigenvalue weighted by Gasteiger charge is -2.34. The number of hydrogen-bond acceptors (Lipinski definition) is 6. The quantitative estimate of drug-likeness (QED) is 0.504. The predicted molar refractivity (Wildman–Crippen MR) is 122 cm³/mol. The van der Waals surface area contributed by atoms with Gasteiger partial charge in [-0.2, -0.15) is 4.98 Å². The van der Waals surface area contributed by atoms with Crippen LogP contribution in [0.15, 0.2) is 62.9 Å². The smallest absolute Gasteiger partial charge is 0.236 e. The molecular formula is C24H26FN3O4S. The molecular weight excluding hydrogens is 445 g/mol. The molecule has 1 fully saturated rings. The van der Waals surface area contributed by atoms with Crippen LogP contribution in [0.1, 0.15) is 25.3 Å². The number of carbonyl (C=O) groups is 1. The van der Waals surface area contributed by atoms with Crippen LogP contribution in [0.5, 0.6) is 0 Å². The summed E-state index contributed by atoms with van der Waals surface area (Å²) in [5.41, 5.74) is 1.71. The van der Waals surface area contributed by atoms with Gasteiger partial charge in [0.2, 0.25) is 32.5 Å². The summed E-state index contributed by atoms with van der Waals surface area (Å²) in [4.78, 5) is 20.1. The second-order valence-electron chi connectivity index (χ2n) is 8.07. The highest BCUT2D eigenvalue weighted by Gasteiger charge is 2.33. The summed E-state index contributed by atoms with van der Waals surface area (Å²) in [7, 11) is -4.06. The average Bonchev–Trinajstić information content (AvgIpc) is 3.26. The zero-order chi connectivity index (χ0) is 23.6. The number of anilines is 1. The number of aromatic nitrogens is 1. The summed E-state index contributed by atoms with van der Waals surface area (Å²) in [6, 6.07) is 12.1. The van der Waals surface area contributed by atoms with Gasteiger partial charge in [-0.15, -0.1) is 0 Å². The van der Waals surface area contributed by atoms with Gasteiger partial charge in [-0.3, -0.25) is 4.79 Å². The number of piperazine rings is 1. The van der Waals surface area contributed by atoms with Crippen molar-refractivity contribution >= 4 is 21.6 Å². The Morgan fingerprint density at radius 2 is 1.67 bits per heavy atom. The number of halogens is 1. The fraction of sp³-hybridized carbons (Fsp3) is 0.333. The number of aryl methyl sites for hydroxylation is 1. The van der Waals surface area contributed by atoms with E-state index < -0.39 is 15.7 Å². The monoisotopic (exact) mass is 471 g/mol. The highest BCUT2D eigenvalue weighted by Crippen LogP contribution is 2.35. The molecule has 0 unspecified atom stereocenters. The van der Waals surface area contributed by atoms with Crippen LogP contribution in [-0.4, -0.2) is 50.4 Å². The van der Waals surface area contributed by atoms with E-state index in [9.17, 15) is 17.6 Å². The van der Waals surface area contributed by atoms with Crippen molar-refractivity contribution in [1.29, 1.82) is 0 Å². The summed E-state index contributed by atoms with van der Waals surface area (Å²) < 4.78 is 46.3. The number of hydrogen-bond donors (Lipinski definition) is 0. The molecule has 0 radical (unpaired) electrons. The molecule has 0 saturated carbocycles. The van der Waals surface area contributed by atoms with E-state index in [1.54, 1.807) is 9.80 Å². The van der Waals surface area contributed by atoms with Gasteiger partial charge < -0.3 is 14.2 Å². The summed E-state index contributed by atoms with van der Waals surface area (Å²) in [6.45, 7) is 5.69. The number of benzene rings is 2. The molecule has 0 spiro atoms. The van der Waals surface area contributed by atoms with Gasteiger partial charge in [0.05, 0.1) is 4.90 Å². The first-order valence-electron chi connectivity index (χ1n) is 10.9. The van der Waals surface area contributed by atoms with Crippen LogP contribution >= 0.6 is 0 Å². The largest absolute Gasteiger partial charge is 0.419 e. The molecule has 7 nitrogen and oxygen atoms in total. The Morgan fingerprint density at radius 1 is 1.03 bits per heavy atom. The third-order valence-corrected chi connectivity index (χ3v) is 7.31. The Balaban J connectivity index is 1.72. The minimum absolute atomic E-state index is 0.0642. The Kier molecular flexibility index (Phi) is 6.51. The van der Waals surface area contributed by atoms with E-state index in [-0.39, 0.29) is 27.6 Å². The molecule has 4 rings (SSSR count). The van der Waals surface area contributed by atoms with E-state index >= 15 is 0 Å². The van der Waals surface area contributed by atoms with Crippen molar-refractivity contribution in [2.45, 2.75) is 36.6 Å². The van der Waals surface area contributed by atoms with Crippen LogP contribution in [0.2, 0.25) is 0 Å². The molecule has 9 heteroatoms. The second kappa shape index (κ2) is 9.35. The van der Waals surface area contributed by atoms with Gasteiger partial charge in [0.25, 0.3) is 0 Å². The zero-order valence-electron chi connectivity index (χ0n) is 18.6. The van der Waals surface area contributed by atoms with Crippen molar-refractivity contribution in [1.82, 2.24) is 9.88 Å². The number of nitrogens with zero attached hydrogens (tertiary/aromatic N) is 3. The first-order chi connectivity index (χ1) is 15.8. The maximum absolute atomic E-state index is 13.4. The fourth-order valence-electron chi connectivity index (χ4n) is 3.75. The lowest BCUT2D eigenvalue weighted by molar-refractivity contribution is -0.131. The van der Waals surface area contributed by atoms with Gasteiger partial charge >= 0.3 is 0 Å². The molecule has 1 aliphatic rings. The first kappa shape index (κ1) is 23.0. The standard InChI is InChI=1S/C24H26FN3O4S/c1-3-4-21(29)27-13-15-28(16-14-27)24-23(33(30,31)20-11-9-19(25)10-12-20)26-22(32-24)18-7-5-17(2)6-8-18/h5-12H,3-4,13-16H2,1-2H3. The molecule has 0 aliphatic carbocycles. The minimum Gasteiger partial charge on any atom is -0.419 e. The number of carbonyl (C=O) groups excluding carboxylic acids is 1. The van der Waals surface area contributed by atoms with Crippen LogP contribution < -0.4 is 4.90 Å². The van der Waals surface area contributed by atoms with Crippen molar-refractivity contribution in [3.63, 3.8) is 0 Å². The first-order valence-corrected chi connectivity index (χ1v) is 12.4. The molecule has 2 aromatic carbocycles. The van der Waals surface area contributed by atoms with E-state index in [1.807, 2.05) is 38.1 Å². The van der Waals surface area contributed by atoms with Crippen molar-refractivity contribution < 1.29 is 22.0 Å². The van der Waals surface area contributed by atoms with Gasteiger partial charge in [0.1, 0.15) is 5.82 Å². The Bertz CT molecular complexity index is 1230. The summed E-state index contributed by atoms with van der Waals surface area (Å²) >= 11 is 0. The molecule has 1 aliphatic heterocycles. The van der Waals surface area contributed by atoms with E-state index in [2.05, 4.69) is 4.98 Å². The molecule has 174 valence electrons. The summed E-state index contributed by atoms with van der Waals surface area (Å²) in [5.74, 6) is -0.107. The van der Waals surface area contributed by atoms with Gasteiger partial charge in [0, 0.05) is 38.2 Å². The summed E-state index contributed by atoms with van der Waals surface area (Å²) in [6.07, 6.45) is 1.27. The van der Waals surface area contributed by atoms with Gasteiger partial charge in [0.15, 0.2) is 0 Å². The molecule has 0 atom stereocenters. The zero-order valence-corrected chi connectivity index (χ0v) is 19.4. The molecule has 1 aromatic heterocycles. The Morgan fingerprint density at radius 3 is 2.27 bits per heavy atom. The summed E-state index contributed by atoms with van der Waals surface area (Å²) in [5, 5.41) is -0.210. The molecule has 33 heavy (non-hydrogen) atoms. The lowest BCUT2D eigenvalue weighted by Crippen LogP contribution is -2.48. The van der Waals surface area contributed by atoms with E-state index in [4.69, 9.17) is 4.42 Å². The SMILES string of the molecule is CCCC(=O)N1CCN(c2oc(-c3ccc(C)cc3)nc2S(=O)(=O)c2ccc(F)cc2)CC1. The van der Waals surface area contributed by atoms with Crippen molar-refractivity contribution in [3.8, 4) is 11.5 Å². The van der Waals surface area contributed by atoms with Crippen molar-refractivity contribution in [3.05, 3.63) is 59.9 Å². The van der Waals surface area contributed by atoms with Crippen LogP contribution in [0, 0.1) is 12.7 Å². The molecule has 3 aromatic rings. The van der Waals surface area contributed by atoms with Crippen LogP contribution in [0.25, 0.3) is 11.5 Å². The molecule has 1 amide bonds. The van der Waals surface area contributed by atoms with E-state index in [1.165, 1.54) is 12.1 Å². The topological polar surface area (TPSA) is 83.7 Å². The number of sulfone groups is 1. The molecule has 2 heterocycles. The third-order valence-electron chi connectivity index (χ3n) is 5.64. The Labute approximate surface area is 192 Å². The third kappa shape index (κ3) is 4.78. The molecule has 0 bridgehead atoms. The van der Waals surface area contributed by atoms with Gasteiger partial charge in [-0.25, -0.2) is 12.8 Å². The second-order valence-corrected chi connectivity index (χ2v) is 9.94. The molecule has 0 N–H and O–H groups in total. The molecule has 1 saturated heterocycles.